The second-order valence-corrected chi connectivity index (χ2v) is 9.25. The summed E-state index contributed by atoms with van der Waals surface area (Å²) in [6.45, 7) is 2.20. The highest BCUT2D eigenvalue weighted by atomic mass is 32.1. The lowest BCUT2D eigenvalue weighted by molar-refractivity contribution is -0.940. The van der Waals surface area contributed by atoms with Crippen molar-refractivity contribution in [2.24, 2.45) is 0 Å². The van der Waals surface area contributed by atoms with Gasteiger partial charge in [0.25, 0.3) is 0 Å². The van der Waals surface area contributed by atoms with Gasteiger partial charge in [-0.2, -0.15) is 0 Å². The smallest absolute Gasteiger partial charge is 0.150 e. The standard InChI is InChI=1S/C19H16N2S3/c1-2-5-16-14(4-1)20-18(24-16)12-21-9-7-15-13(8-11-23-15)19(21)17-6-3-10-22-17/h1-6,8,10-11,19H,7,9,12H2/p+1/t19-/m0/s1. The van der Waals surface area contributed by atoms with Crippen LogP contribution in [0.2, 0.25) is 0 Å². The van der Waals surface area contributed by atoms with Crippen LogP contribution in [0, 0.1) is 0 Å². The highest BCUT2D eigenvalue weighted by Crippen LogP contribution is 2.32. The Kier molecular flexibility index (Phi) is 3.74. The fourth-order valence-electron chi connectivity index (χ4n) is 3.64. The molecule has 5 rings (SSSR count). The van der Waals surface area contributed by atoms with Gasteiger partial charge in [0.05, 0.1) is 21.6 Å². The molecule has 1 N–H and O–H groups in total. The molecule has 0 amide bonds. The first-order chi connectivity index (χ1) is 11.9. The molecule has 1 aromatic carbocycles. The Hall–Kier alpha value is -1.53. The monoisotopic (exact) mass is 369 g/mol. The predicted molar refractivity (Wildman–Crippen MR) is 103 cm³/mol. The predicted octanol–water partition coefficient (Wildman–Crippen LogP) is 4.15. The Bertz CT molecular complexity index is 935. The van der Waals surface area contributed by atoms with Gasteiger partial charge < -0.3 is 4.90 Å². The summed E-state index contributed by atoms with van der Waals surface area (Å²) >= 11 is 5.65. The first-order valence-electron chi connectivity index (χ1n) is 8.17. The van der Waals surface area contributed by atoms with Crippen molar-refractivity contribution in [1.82, 2.24) is 4.98 Å². The average Bonchev–Trinajstić information content (AvgIpc) is 3.34. The van der Waals surface area contributed by atoms with Crippen LogP contribution in [0.1, 0.15) is 26.4 Å². The molecular formula is C19H17N2S3+. The Morgan fingerprint density at radius 3 is 2.88 bits per heavy atom. The molecule has 4 heterocycles. The van der Waals surface area contributed by atoms with E-state index < -0.39 is 0 Å². The summed E-state index contributed by atoms with van der Waals surface area (Å²) in [5, 5.41) is 5.71. The number of thiazole rings is 1. The second kappa shape index (κ2) is 6.08. The summed E-state index contributed by atoms with van der Waals surface area (Å²) in [7, 11) is 0. The summed E-state index contributed by atoms with van der Waals surface area (Å²) in [5.74, 6) is 0. The molecule has 4 aromatic rings. The summed E-state index contributed by atoms with van der Waals surface area (Å²) in [4.78, 5) is 9.55. The quantitative estimate of drug-likeness (QED) is 0.574. The van der Waals surface area contributed by atoms with Gasteiger partial charge in [-0.05, 0) is 35.0 Å². The van der Waals surface area contributed by atoms with Crippen LogP contribution in [0.15, 0.2) is 53.2 Å². The molecule has 0 radical (unpaired) electrons. The van der Waals surface area contributed by atoms with Crippen molar-refractivity contribution in [1.29, 1.82) is 0 Å². The molecule has 1 aliphatic rings. The van der Waals surface area contributed by atoms with Crippen LogP contribution in [-0.2, 0) is 13.0 Å². The average molecular weight is 370 g/mol. The van der Waals surface area contributed by atoms with Gasteiger partial charge in [0, 0.05) is 16.9 Å². The van der Waals surface area contributed by atoms with Gasteiger partial charge in [-0.1, -0.05) is 18.2 Å². The van der Waals surface area contributed by atoms with Gasteiger partial charge in [-0.3, -0.25) is 0 Å². The molecule has 0 saturated carbocycles. The largest absolute Gasteiger partial charge is 0.318 e. The van der Waals surface area contributed by atoms with Crippen LogP contribution in [-0.4, -0.2) is 11.5 Å². The van der Waals surface area contributed by atoms with Crippen LogP contribution in [0.4, 0.5) is 0 Å². The maximum atomic E-state index is 4.87. The summed E-state index contributed by atoms with van der Waals surface area (Å²) in [5.41, 5.74) is 2.67. The van der Waals surface area contributed by atoms with Crippen molar-refractivity contribution < 1.29 is 4.90 Å². The first kappa shape index (κ1) is 14.8. The number of fused-ring (bicyclic) bond motifs is 2. The molecule has 0 bridgehead atoms. The van der Waals surface area contributed by atoms with E-state index in [1.54, 1.807) is 9.78 Å². The molecule has 0 aliphatic carbocycles. The molecule has 2 atom stereocenters. The molecule has 1 unspecified atom stereocenters. The van der Waals surface area contributed by atoms with Crippen molar-refractivity contribution in [3.63, 3.8) is 0 Å². The third kappa shape index (κ3) is 2.52. The highest BCUT2D eigenvalue weighted by Gasteiger charge is 2.34. The van der Waals surface area contributed by atoms with Gasteiger partial charge in [0.2, 0.25) is 0 Å². The third-order valence-corrected chi connectivity index (χ3v) is 7.69. The lowest BCUT2D eigenvalue weighted by Crippen LogP contribution is -3.12. The van der Waals surface area contributed by atoms with Crippen molar-refractivity contribution in [2.45, 2.75) is 19.0 Å². The van der Waals surface area contributed by atoms with E-state index >= 15 is 0 Å². The molecular weight excluding hydrogens is 352 g/mol. The Labute approximate surface area is 153 Å². The van der Waals surface area contributed by atoms with E-state index in [1.807, 2.05) is 34.0 Å². The number of benzene rings is 1. The van der Waals surface area contributed by atoms with Crippen molar-refractivity contribution in [3.8, 4) is 0 Å². The van der Waals surface area contributed by atoms with Gasteiger partial charge in [-0.25, -0.2) is 4.98 Å². The molecule has 3 aromatic heterocycles. The maximum Gasteiger partial charge on any atom is 0.150 e. The second-order valence-electron chi connectivity index (χ2n) is 6.16. The van der Waals surface area contributed by atoms with Gasteiger partial charge >= 0.3 is 0 Å². The summed E-state index contributed by atoms with van der Waals surface area (Å²) < 4.78 is 1.30. The van der Waals surface area contributed by atoms with Crippen LogP contribution < -0.4 is 4.90 Å². The first-order valence-corrected chi connectivity index (χ1v) is 10.7. The minimum absolute atomic E-state index is 0.465. The summed E-state index contributed by atoms with van der Waals surface area (Å²) in [6.07, 6.45) is 1.19. The Morgan fingerprint density at radius 1 is 1.04 bits per heavy atom. The molecule has 5 heteroatoms. The molecule has 2 nitrogen and oxygen atoms in total. The molecule has 120 valence electrons. The number of rotatable bonds is 3. The van der Waals surface area contributed by atoms with Crippen molar-refractivity contribution in [2.75, 3.05) is 6.54 Å². The number of quaternary nitrogens is 1. The fraction of sp³-hybridized carbons (Fsp3) is 0.211. The van der Waals surface area contributed by atoms with E-state index in [9.17, 15) is 0 Å². The van der Waals surface area contributed by atoms with E-state index in [0.717, 1.165) is 12.1 Å². The van der Waals surface area contributed by atoms with E-state index in [0.29, 0.717) is 6.04 Å². The van der Waals surface area contributed by atoms with Gasteiger partial charge in [0.1, 0.15) is 17.6 Å². The van der Waals surface area contributed by atoms with E-state index in [1.165, 1.54) is 33.1 Å². The molecule has 0 fully saturated rings. The fourth-order valence-corrected chi connectivity index (χ4v) is 6.48. The molecule has 0 saturated heterocycles. The number of nitrogens with one attached hydrogen (secondary N) is 1. The topological polar surface area (TPSA) is 17.3 Å². The van der Waals surface area contributed by atoms with E-state index in [-0.39, 0.29) is 0 Å². The Balaban J connectivity index is 1.52. The SMILES string of the molecule is c1csc([C@@H]2c3ccsc3CC[NH+]2Cc2nc3ccccc3s2)c1. The van der Waals surface area contributed by atoms with Gasteiger partial charge in [0.15, 0.2) is 0 Å². The zero-order valence-corrected chi connectivity index (χ0v) is 15.5. The molecule has 0 spiro atoms. The normalized spacial score (nSPS) is 20.3. The lowest BCUT2D eigenvalue weighted by atomic mass is 9.98. The number of hydrogen-bond acceptors (Lipinski definition) is 4. The number of hydrogen-bond donors (Lipinski definition) is 1. The number of nitrogens with zero attached hydrogens (tertiary/aromatic N) is 1. The lowest BCUT2D eigenvalue weighted by Gasteiger charge is -2.31. The maximum absolute atomic E-state index is 4.87. The Morgan fingerprint density at radius 2 is 2.00 bits per heavy atom. The number of thiophene rings is 2. The van der Waals surface area contributed by atoms with E-state index in [2.05, 4.69) is 53.2 Å². The van der Waals surface area contributed by atoms with E-state index in [4.69, 9.17) is 4.98 Å². The van der Waals surface area contributed by atoms with Crippen molar-refractivity contribution in [3.05, 3.63) is 73.6 Å². The van der Waals surface area contributed by atoms with Gasteiger partial charge in [-0.15, -0.1) is 34.0 Å². The van der Waals surface area contributed by atoms with Crippen LogP contribution in [0.25, 0.3) is 10.2 Å². The number of para-hydroxylation sites is 1. The highest BCUT2D eigenvalue weighted by molar-refractivity contribution is 7.18. The van der Waals surface area contributed by atoms with Crippen LogP contribution in [0.5, 0.6) is 0 Å². The summed E-state index contributed by atoms with van der Waals surface area (Å²) in [6, 6.07) is 15.7. The minimum atomic E-state index is 0.465. The molecule has 24 heavy (non-hydrogen) atoms. The zero-order valence-electron chi connectivity index (χ0n) is 13.1. The number of aromatic nitrogens is 1. The van der Waals surface area contributed by atoms with Crippen molar-refractivity contribution >= 4 is 44.2 Å². The third-order valence-electron chi connectivity index (χ3n) is 4.72. The molecule has 1 aliphatic heterocycles. The van der Waals surface area contributed by atoms with Crippen LogP contribution >= 0.6 is 34.0 Å². The zero-order chi connectivity index (χ0) is 15.9. The van der Waals surface area contributed by atoms with Crippen LogP contribution in [0.3, 0.4) is 0 Å². The minimum Gasteiger partial charge on any atom is -0.318 e.